The zero-order valence-corrected chi connectivity index (χ0v) is 10.8. The fraction of sp³-hybridized carbons (Fsp3) is 0.182. The van der Waals surface area contributed by atoms with Gasteiger partial charge in [0.05, 0.1) is 5.75 Å². The fourth-order valence-electron chi connectivity index (χ4n) is 1.18. The van der Waals surface area contributed by atoms with E-state index in [1.165, 1.54) is 23.1 Å². The van der Waals surface area contributed by atoms with Crippen LogP contribution in [0.15, 0.2) is 34.7 Å². The van der Waals surface area contributed by atoms with E-state index in [1.54, 1.807) is 0 Å². The van der Waals surface area contributed by atoms with E-state index < -0.39 is 0 Å². The highest BCUT2D eigenvalue weighted by molar-refractivity contribution is 8.01. The molecule has 17 heavy (non-hydrogen) atoms. The number of hydrogen-bond acceptors (Lipinski definition) is 5. The van der Waals surface area contributed by atoms with E-state index in [0.29, 0.717) is 5.75 Å². The molecule has 0 fully saturated rings. The van der Waals surface area contributed by atoms with Crippen LogP contribution >= 0.6 is 23.1 Å². The summed E-state index contributed by atoms with van der Waals surface area (Å²) in [7, 11) is 0. The summed E-state index contributed by atoms with van der Waals surface area (Å²) >= 11 is 2.90. The Kier molecular flexibility index (Phi) is 4.11. The smallest absolute Gasteiger partial charge is 0.234 e. The van der Waals surface area contributed by atoms with Crippen LogP contribution < -0.4 is 5.32 Å². The van der Waals surface area contributed by atoms with Crippen molar-refractivity contribution in [1.29, 1.82) is 0 Å². The molecule has 1 amide bonds. The molecule has 0 atom stereocenters. The number of para-hydroxylation sites is 1. The van der Waals surface area contributed by atoms with E-state index in [0.717, 1.165) is 15.0 Å². The standard InChI is InChI=1S/C11H11N3OS2/c1-8-13-14-11(17-8)16-7-10(15)12-9-5-3-2-4-6-9/h2-6H,7H2,1H3,(H,12,15). The SMILES string of the molecule is Cc1nnc(SCC(=O)Nc2ccccc2)s1. The number of aromatic nitrogens is 2. The first-order chi connectivity index (χ1) is 8.24. The van der Waals surface area contributed by atoms with Crippen molar-refractivity contribution >= 4 is 34.7 Å². The molecule has 1 heterocycles. The lowest BCUT2D eigenvalue weighted by Gasteiger charge is -2.02. The van der Waals surface area contributed by atoms with Gasteiger partial charge in [-0.05, 0) is 19.1 Å². The van der Waals surface area contributed by atoms with Gasteiger partial charge in [-0.1, -0.05) is 41.3 Å². The van der Waals surface area contributed by atoms with E-state index in [-0.39, 0.29) is 5.91 Å². The van der Waals surface area contributed by atoms with Gasteiger partial charge >= 0.3 is 0 Å². The molecule has 0 saturated carbocycles. The molecule has 0 unspecified atom stereocenters. The predicted molar refractivity (Wildman–Crippen MR) is 70.4 cm³/mol. The maximum absolute atomic E-state index is 11.6. The van der Waals surface area contributed by atoms with E-state index in [9.17, 15) is 4.79 Å². The topological polar surface area (TPSA) is 54.9 Å². The summed E-state index contributed by atoms with van der Waals surface area (Å²) in [5, 5.41) is 11.6. The van der Waals surface area contributed by atoms with E-state index in [4.69, 9.17) is 0 Å². The highest BCUT2D eigenvalue weighted by atomic mass is 32.2. The molecule has 2 aromatic rings. The second kappa shape index (κ2) is 5.79. The number of benzene rings is 1. The molecule has 88 valence electrons. The molecule has 1 N–H and O–H groups in total. The number of carbonyl (C=O) groups is 1. The molecule has 0 spiro atoms. The van der Waals surface area contributed by atoms with E-state index >= 15 is 0 Å². The Morgan fingerprint density at radius 1 is 1.35 bits per heavy atom. The third-order valence-corrected chi connectivity index (χ3v) is 3.86. The molecule has 2 rings (SSSR count). The van der Waals surface area contributed by atoms with Gasteiger partial charge in [-0.25, -0.2) is 0 Å². The van der Waals surface area contributed by atoms with Crippen LogP contribution in [0.1, 0.15) is 5.01 Å². The van der Waals surface area contributed by atoms with Gasteiger partial charge in [0.2, 0.25) is 5.91 Å². The number of anilines is 1. The maximum atomic E-state index is 11.6. The molecule has 1 aromatic heterocycles. The third kappa shape index (κ3) is 3.83. The van der Waals surface area contributed by atoms with Gasteiger partial charge in [0.25, 0.3) is 0 Å². The first-order valence-corrected chi connectivity index (χ1v) is 6.82. The van der Waals surface area contributed by atoms with Crippen molar-refractivity contribution in [2.45, 2.75) is 11.3 Å². The molecular weight excluding hydrogens is 254 g/mol. The molecule has 0 bridgehead atoms. The molecule has 4 nitrogen and oxygen atoms in total. The van der Waals surface area contributed by atoms with Crippen molar-refractivity contribution in [3.8, 4) is 0 Å². The van der Waals surface area contributed by atoms with Gasteiger partial charge in [0.15, 0.2) is 4.34 Å². The summed E-state index contributed by atoms with van der Waals surface area (Å²) in [4.78, 5) is 11.6. The van der Waals surface area contributed by atoms with Crippen LogP contribution in [0.3, 0.4) is 0 Å². The lowest BCUT2D eigenvalue weighted by Crippen LogP contribution is -2.13. The van der Waals surface area contributed by atoms with Gasteiger partial charge in [0.1, 0.15) is 5.01 Å². The quantitative estimate of drug-likeness (QED) is 0.863. The highest BCUT2D eigenvalue weighted by Crippen LogP contribution is 2.21. The van der Waals surface area contributed by atoms with E-state index in [1.807, 2.05) is 37.3 Å². The lowest BCUT2D eigenvalue weighted by atomic mass is 10.3. The number of nitrogens with zero attached hydrogens (tertiary/aromatic N) is 2. The van der Waals surface area contributed by atoms with Gasteiger partial charge < -0.3 is 5.32 Å². The summed E-state index contributed by atoms with van der Waals surface area (Å²) in [5.41, 5.74) is 0.812. The third-order valence-electron chi connectivity index (χ3n) is 1.89. The summed E-state index contributed by atoms with van der Waals surface area (Å²) in [6, 6.07) is 9.40. The van der Waals surface area contributed by atoms with Crippen molar-refractivity contribution < 1.29 is 4.79 Å². The van der Waals surface area contributed by atoms with E-state index in [2.05, 4.69) is 15.5 Å². The number of carbonyl (C=O) groups excluding carboxylic acids is 1. The van der Waals surface area contributed by atoms with Crippen LogP contribution in [0, 0.1) is 6.92 Å². The Hall–Kier alpha value is -1.40. The van der Waals surface area contributed by atoms with Crippen molar-refractivity contribution in [1.82, 2.24) is 10.2 Å². The van der Waals surface area contributed by atoms with Crippen LogP contribution in [-0.2, 0) is 4.79 Å². The summed E-state index contributed by atoms with van der Waals surface area (Å²) in [6.45, 7) is 1.89. The van der Waals surface area contributed by atoms with Crippen molar-refractivity contribution in [2.75, 3.05) is 11.1 Å². The molecule has 0 aliphatic carbocycles. The zero-order chi connectivity index (χ0) is 12.1. The average Bonchev–Trinajstić information content (AvgIpc) is 2.74. The highest BCUT2D eigenvalue weighted by Gasteiger charge is 2.06. The number of aryl methyl sites for hydroxylation is 1. The number of hydrogen-bond donors (Lipinski definition) is 1. The first kappa shape index (κ1) is 12.1. The van der Waals surface area contributed by atoms with Crippen molar-refractivity contribution in [3.63, 3.8) is 0 Å². The summed E-state index contributed by atoms with van der Waals surface area (Å²) in [5.74, 6) is 0.317. The predicted octanol–water partition coefficient (Wildman–Crippen LogP) is 2.58. The Labute approximate surface area is 107 Å². The minimum absolute atomic E-state index is 0.0333. The van der Waals surface area contributed by atoms with Crippen LogP contribution in [0.2, 0.25) is 0 Å². The normalized spacial score (nSPS) is 10.2. The van der Waals surface area contributed by atoms with Gasteiger partial charge in [0, 0.05) is 5.69 Å². The van der Waals surface area contributed by atoms with Crippen LogP contribution in [0.25, 0.3) is 0 Å². The number of amides is 1. The molecule has 6 heteroatoms. The van der Waals surface area contributed by atoms with Crippen LogP contribution in [0.5, 0.6) is 0 Å². The van der Waals surface area contributed by atoms with Crippen LogP contribution in [0.4, 0.5) is 5.69 Å². The Bertz CT molecular complexity index is 498. The summed E-state index contributed by atoms with van der Waals surface area (Å²) < 4.78 is 0.825. The molecule has 0 aliphatic rings. The summed E-state index contributed by atoms with van der Waals surface area (Å²) in [6.07, 6.45) is 0. The fourth-order valence-corrected chi connectivity index (χ4v) is 2.80. The molecule has 0 radical (unpaired) electrons. The second-order valence-corrected chi connectivity index (χ2v) is 5.69. The van der Waals surface area contributed by atoms with Gasteiger partial charge in [-0.3, -0.25) is 4.79 Å². The zero-order valence-electron chi connectivity index (χ0n) is 9.21. The maximum Gasteiger partial charge on any atom is 0.234 e. The molecule has 0 aliphatic heterocycles. The average molecular weight is 265 g/mol. The second-order valence-electron chi connectivity index (χ2n) is 3.29. The number of nitrogens with one attached hydrogen (secondary N) is 1. The molecule has 0 saturated heterocycles. The Morgan fingerprint density at radius 2 is 2.12 bits per heavy atom. The van der Waals surface area contributed by atoms with Crippen LogP contribution in [-0.4, -0.2) is 21.9 Å². The number of rotatable bonds is 4. The largest absolute Gasteiger partial charge is 0.325 e. The number of thioether (sulfide) groups is 1. The van der Waals surface area contributed by atoms with Crippen molar-refractivity contribution in [2.24, 2.45) is 0 Å². The Balaban J connectivity index is 1.82. The van der Waals surface area contributed by atoms with Gasteiger partial charge in [-0.15, -0.1) is 10.2 Å². The molecule has 1 aromatic carbocycles. The Morgan fingerprint density at radius 3 is 2.76 bits per heavy atom. The van der Waals surface area contributed by atoms with Gasteiger partial charge in [-0.2, -0.15) is 0 Å². The van der Waals surface area contributed by atoms with Crippen molar-refractivity contribution in [3.05, 3.63) is 35.3 Å². The first-order valence-electron chi connectivity index (χ1n) is 5.02. The monoisotopic (exact) mass is 265 g/mol. The molecular formula is C11H11N3OS2. The minimum Gasteiger partial charge on any atom is -0.325 e. The minimum atomic E-state index is -0.0333. The lowest BCUT2D eigenvalue weighted by molar-refractivity contribution is -0.113.